The highest BCUT2D eigenvalue weighted by Gasteiger charge is 2.34. The molecule has 1 aliphatic rings. The molecule has 0 amide bonds. The standard InChI is InChI=1S/C18H25ClN4O2/c1-4-6-18(12-24)7-5-8-23(11-18)10-14-16(20-22(3)17(14)19)15-9-13(2)25-21-15/h4,9,24H,1,5-8,10-12H2,2-3H3/t18-/m0/s1. The number of likely N-dealkylation sites (tertiary alicyclic amines) is 1. The summed E-state index contributed by atoms with van der Waals surface area (Å²) in [6, 6.07) is 1.87. The third kappa shape index (κ3) is 3.66. The van der Waals surface area contributed by atoms with Crippen LogP contribution in [0.2, 0.25) is 5.15 Å². The van der Waals surface area contributed by atoms with Crippen LogP contribution in [-0.2, 0) is 13.6 Å². The molecule has 0 radical (unpaired) electrons. The summed E-state index contributed by atoms with van der Waals surface area (Å²) in [6.07, 6.45) is 4.78. The first kappa shape index (κ1) is 18.2. The predicted molar refractivity (Wildman–Crippen MR) is 97.3 cm³/mol. The zero-order valence-corrected chi connectivity index (χ0v) is 15.6. The summed E-state index contributed by atoms with van der Waals surface area (Å²) >= 11 is 6.51. The number of aliphatic hydroxyl groups is 1. The Kier molecular flexibility index (Phi) is 5.32. The Labute approximate surface area is 153 Å². The van der Waals surface area contributed by atoms with E-state index >= 15 is 0 Å². The van der Waals surface area contributed by atoms with Gasteiger partial charge in [-0.1, -0.05) is 22.8 Å². The number of halogens is 1. The lowest BCUT2D eigenvalue weighted by atomic mass is 9.77. The van der Waals surface area contributed by atoms with Crippen molar-refractivity contribution in [2.24, 2.45) is 12.5 Å². The minimum absolute atomic E-state index is 0.112. The van der Waals surface area contributed by atoms with Gasteiger partial charge in [0.25, 0.3) is 0 Å². The molecule has 1 saturated heterocycles. The maximum atomic E-state index is 9.91. The molecule has 7 heteroatoms. The second-order valence-corrected chi connectivity index (χ2v) is 7.39. The van der Waals surface area contributed by atoms with Crippen molar-refractivity contribution in [2.45, 2.75) is 32.7 Å². The first-order valence-electron chi connectivity index (χ1n) is 8.57. The second kappa shape index (κ2) is 7.32. The van der Waals surface area contributed by atoms with Gasteiger partial charge in [-0.3, -0.25) is 9.58 Å². The molecule has 1 aliphatic heterocycles. The molecule has 2 aromatic heterocycles. The van der Waals surface area contributed by atoms with Gasteiger partial charge in [0.05, 0.1) is 6.61 Å². The Hall–Kier alpha value is -1.63. The van der Waals surface area contributed by atoms with Crippen molar-refractivity contribution in [2.75, 3.05) is 19.7 Å². The molecule has 0 aromatic carbocycles. The van der Waals surface area contributed by atoms with Gasteiger partial charge in [-0.05, 0) is 32.7 Å². The van der Waals surface area contributed by atoms with Crippen molar-refractivity contribution in [1.29, 1.82) is 0 Å². The van der Waals surface area contributed by atoms with E-state index in [0.717, 1.165) is 49.4 Å². The van der Waals surface area contributed by atoms with E-state index in [0.29, 0.717) is 17.4 Å². The molecular formula is C18H25ClN4O2. The third-order valence-electron chi connectivity index (χ3n) is 4.97. The summed E-state index contributed by atoms with van der Waals surface area (Å²) in [5, 5.41) is 19.1. The average molecular weight is 365 g/mol. The van der Waals surface area contributed by atoms with Gasteiger partial charge in [-0.2, -0.15) is 5.10 Å². The third-order valence-corrected chi connectivity index (χ3v) is 5.45. The Morgan fingerprint density at radius 1 is 1.52 bits per heavy atom. The van der Waals surface area contributed by atoms with Crippen LogP contribution in [-0.4, -0.2) is 44.6 Å². The van der Waals surface area contributed by atoms with Gasteiger partial charge in [0, 0.05) is 37.2 Å². The van der Waals surface area contributed by atoms with Crippen LogP contribution in [0.4, 0.5) is 0 Å². The van der Waals surface area contributed by atoms with Crippen LogP contribution in [0, 0.1) is 12.3 Å². The predicted octanol–water partition coefficient (Wildman–Crippen LogP) is 3.19. The van der Waals surface area contributed by atoms with Crippen LogP contribution in [0.1, 0.15) is 30.6 Å². The fourth-order valence-corrected chi connectivity index (χ4v) is 3.89. The lowest BCUT2D eigenvalue weighted by molar-refractivity contribution is 0.0310. The Morgan fingerprint density at radius 2 is 2.32 bits per heavy atom. The first-order chi connectivity index (χ1) is 12.0. The lowest BCUT2D eigenvalue weighted by Gasteiger charge is -2.41. The van der Waals surface area contributed by atoms with Gasteiger partial charge in [0.2, 0.25) is 0 Å². The second-order valence-electron chi connectivity index (χ2n) is 7.03. The summed E-state index contributed by atoms with van der Waals surface area (Å²) in [4.78, 5) is 2.34. The first-order valence-corrected chi connectivity index (χ1v) is 8.95. The molecule has 2 aromatic rings. The summed E-state index contributed by atoms with van der Waals surface area (Å²) in [5.74, 6) is 0.742. The monoisotopic (exact) mass is 364 g/mol. The average Bonchev–Trinajstić information content (AvgIpc) is 3.14. The SMILES string of the molecule is C=CC[C@]1(CO)CCCN(Cc2c(-c3cc(C)on3)nn(C)c2Cl)C1. The topological polar surface area (TPSA) is 67.3 Å². The van der Waals surface area contributed by atoms with E-state index < -0.39 is 0 Å². The van der Waals surface area contributed by atoms with Crippen LogP contribution >= 0.6 is 11.6 Å². The van der Waals surface area contributed by atoms with Crippen LogP contribution < -0.4 is 0 Å². The van der Waals surface area contributed by atoms with E-state index in [9.17, 15) is 5.11 Å². The molecule has 0 saturated carbocycles. The van der Waals surface area contributed by atoms with E-state index in [1.807, 2.05) is 26.1 Å². The van der Waals surface area contributed by atoms with E-state index in [1.54, 1.807) is 4.68 Å². The molecule has 1 fully saturated rings. The fourth-order valence-electron chi connectivity index (χ4n) is 3.71. The molecule has 6 nitrogen and oxygen atoms in total. The highest BCUT2D eigenvalue weighted by molar-refractivity contribution is 6.30. The number of nitrogens with zero attached hydrogens (tertiary/aromatic N) is 4. The van der Waals surface area contributed by atoms with Crippen molar-refractivity contribution in [3.63, 3.8) is 0 Å². The van der Waals surface area contributed by atoms with Crippen molar-refractivity contribution < 1.29 is 9.63 Å². The molecule has 1 N–H and O–H groups in total. The summed E-state index contributed by atoms with van der Waals surface area (Å²) in [5.41, 5.74) is 2.30. The quantitative estimate of drug-likeness (QED) is 0.797. The largest absolute Gasteiger partial charge is 0.396 e. The molecule has 0 unspecified atom stereocenters. The van der Waals surface area contributed by atoms with Crippen LogP contribution in [0.5, 0.6) is 0 Å². The molecule has 3 heterocycles. The number of rotatable bonds is 6. The number of aromatic nitrogens is 3. The number of allylic oxidation sites excluding steroid dienone is 1. The Balaban J connectivity index is 1.86. The molecule has 3 rings (SSSR count). The highest BCUT2D eigenvalue weighted by atomic mass is 35.5. The number of piperidine rings is 1. The van der Waals surface area contributed by atoms with Crippen LogP contribution in [0.25, 0.3) is 11.4 Å². The molecule has 1 atom stereocenters. The Morgan fingerprint density at radius 3 is 2.96 bits per heavy atom. The summed E-state index contributed by atoms with van der Waals surface area (Å²) in [6.45, 7) is 8.34. The number of aryl methyl sites for hydroxylation is 2. The normalized spacial score (nSPS) is 21.6. The number of aliphatic hydroxyl groups excluding tert-OH is 1. The van der Waals surface area contributed by atoms with Crippen molar-refractivity contribution in [3.8, 4) is 11.4 Å². The van der Waals surface area contributed by atoms with Crippen LogP contribution in [0.3, 0.4) is 0 Å². The molecule has 0 aliphatic carbocycles. The Bertz CT molecular complexity index is 754. The van der Waals surface area contributed by atoms with Crippen LogP contribution in [0.15, 0.2) is 23.2 Å². The van der Waals surface area contributed by atoms with Gasteiger partial charge in [0.15, 0.2) is 0 Å². The van der Waals surface area contributed by atoms with Gasteiger partial charge in [-0.25, -0.2) is 0 Å². The summed E-state index contributed by atoms with van der Waals surface area (Å²) in [7, 11) is 1.83. The van der Waals surface area contributed by atoms with E-state index in [-0.39, 0.29) is 12.0 Å². The summed E-state index contributed by atoms with van der Waals surface area (Å²) < 4.78 is 6.87. The zero-order valence-electron chi connectivity index (χ0n) is 14.8. The number of hydrogen-bond donors (Lipinski definition) is 1. The van der Waals surface area contributed by atoms with Gasteiger partial charge in [0.1, 0.15) is 22.3 Å². The van der Waals surface area contributed by atoms with E-state index in [2.05, 4.69) is 21.7 Å². The highest BCUT2D eigenvalue weighted by Crippen LogP contribution is 2.36. The van der Waals surface area contributed by atoms with Gasteiger partial charge >= 0.3 is 0 Å². The lowest BCUT2D eigenvalue weighted by Crippen LogP contribution is -2.44. The van der Waals surface area contributed by atoms with Gasteiger partial charge in [-0.15, -0.1) is 6.58 Å². The molecular weight excluding hydrogens is 340 g/mol. The number of hydrogen-bond acceptors (Lipinski definition) is 5. The molecule has 136 valence electrons. The minimum atomic E-state index is -0.112. The van der Waals surface area contributed by atoms with Gasteiger partial charge < -0.3 is 9.63 Å². The zero-order chi connectivity index (χ0) is 18.0. The van der Waals surface area contributed by atoms with E-state index in [4.69, 9.17) is 16.1 Å². The van der Waals surface area contributed by atoms with Crippen molar-refractivity contribution >= 4 is 11.6 Å². The molecule has 25 heavy (non-hydrogen) atoms. The van der Waals surface area contributed by atoms with Crippen molar-refractivity contribution in [1.82, 2.24) is 19.8 Å². The minimum Gasteiger partial charge on any atom is -0.396 e. The molecule has 0 bridgehead atoms. The smallest absolute Gasteiger partial charge is 0.134 e. The maximum absolute atomic E-state index is 9.91. The fraction of sp³-hybridized carbons (Fsp3) is 0.556. The maximum Gasteiger partial charge on any atom is 0.134 e. The molecule has 0 spiro atoms. The van der Waals surface area contributed by atoms with E-state index in [1.165, 1.54) is 0 Å². The van der Waals surface area contributed by atoms with Crippen molar-refractivity contribution in [3.05, 3.63) is 35.2 Å².